The number of benzene rings is 1. The van der Waals surface area contributed by atoms with Gasteiger partial charge in [0, 0.05) is 18.8 Å². The summed E-state index contributed by atoms with van der Waals surface area (Å²) in [7, 11) is 0. The topological polar surface area (TPSA) is 165 Å². The summed E-state index contributed by atoms with van der Waals surface area (Å²) >= 11 is 0. The van der Waals surface area contributed by atoms with Crippen molar-refractivity contribution in [2.45, 2.75) is 25.4 Å². The summed E-state index contributed by atoms with van der Waals surface area (Å²) in [6.45, 7) is 0.267. The van der Waals surface area contributed by atoms with Gasteiger partial charge in [0.05, 0.1) is 0 Å². The van der Waals surface area contributed by atoms with E-state index in [4.69, 9.17) is 17.2 Å². The quantitative estimate of drug-likeness (QED) is 0.336. The van der Waals surface area contributed by atoms with E-state index in [0.717, 1.165) is 4.90 Å². The lowest BCUT2D eigenvalue weighted by atomic mass is 10.1. The summed E-state index contributed by atoms with van der Waals surface area (Å²) in [5.74, 6) is -1.17. The van der Waals surface area contributed by atoms with E-state index in [1.807, 2.05) is 0 Å². The Morgan fingerprint density at radius 1 is 1.17 bits per heavy atom. The van der Waals surface area contributed by atoms with Gasteiger partial charge >= 0.3 is 18.0 Å². The van der Waals surface area contributed by atoms with E-state index >= 15 is 0 Å². The maximum atomic E-state index is 11.6. The first-order valence-electron chi connectivity index (χ1n) is 6.98. The maximum absolute atomic E-state index is 11.6. The van der Waals surface area contributed by atoms with Crippen LogP contribution in [0.1, 0.15) is 18.4 Å². The average molecular weight is 323 g/mol. The van der Waals surface area contributed by atoms with Crippen molar-refractivity contribution in [2.24, 2.45) is 11.5 Å². The number of carboxylic acids is 1. The molecule has 0 aromatic heterocycles. The molecule has 0 radical (unpaired) electrons. The third-order valence-electron chi connectivity index (χ3n) is 3.23. The molecule has 0 bridgehead atoms. The van der Waals surface area contributed by atoms with Gasteiger partial charge < -0.3 is 32.5 Å². The number of nitrogens with two attached hydrogens (primary N) is 3. The molecule has 23 heavy (non-hydrogen) atoms. The van der Waals surface area contributed by atoms with Crippen molar-refractivity contribution in [3.8, 4) is 0 Å². The van der Waals surface area contributed by atoms with Gasteiger partial charge in [0.1, 0.15) is 6.04 Å². The number of urea groups is 2. The molecule has 8 N–H and O–H groups in total. The summed E-state index contributed by atoms with van der Waals surface area (Å²) in [6.07, 6.45) is 0.471. The number of aliphatic carboxylic acids is 1. The average Bonchev–Trinajstić information content (AvgIpc) is 2.46. The summed E-state index contributed by atoms with van der Waals surface area (Å²) in [5, 5.41) is 11.7. The van der Waals surface area contributed by atoms with Crippen LogP contribution in [0.4, 0.5) is 15.3 Å². The first kappa shape index (κ1) is 18.1. The van der Waals surface area contributed by atoms with Crippen molar-refractivity contribution in [1.29, 1.82) is 0 Å². The first-order valence-corrected chi connectivity index (χ1v) is 6.98. The molecule has 126 valence electrons. The second kappa shape index (κ2) is 8.47. The highest BCUT2D eigenvalue weighted by Crippen LogP contribution is 2.14. The molecule has 1 unspecified atom stereocenters. The van der Waals surface area contributed by atoms with Gasteiger partial charge in [-0.05, 0) is 30.5 Å². The molecule has 0 saturated heterocycles. The fourth-order valence-electron chi connectivity index (χ4n) is 2.08. The molecule has 0 aliphatic carbocycles. The number of anilines is 1. The van der Waals surface area contributed by atoms with Gasteiger partial charge in [0.2, 0.25) is 0 Å². The van der Waals surface area contributed by atoms with Crippen LogP contribution in [0.3, 0.4) is 0 Å². The number of hydrogen-bond donors (Lipinski definition) is 5. The molecule has 4 amide bonds. The summed E-state index contributed by atoms with van der Waals surface area (Å²) in [5.41, 5.74) is 17.1. The van der Waals surface area contributed by atoms with E-state index in [2.05, 4.69) is 5.32 Å². The molecule has 9 nitrogen and oxygen atoms in total. The van der Waals surface area contributed by atoms with Crippen LogP contribution in [-0.2, 0) is 11.3 Å². The molecule has 0 fully saturated rings. The molecule has 1 aromatic carbocycles. The van der Waals surface area contributed by atoms with Crippen molar-refractivity contribution < 1.29 is 19.5 Å². The van der Waals surface area contributed by atoms with Gasteiger partial charge in [0.15, 0.2) is 0 Å². The minimum absolute atomic E-state index is 0.0514. The van der Waals surface area contributed by atoms with Gasteiger partial charge in [0.25, 0.3) is 0 Å². The van der Waals surface area contributed by atoms with Gasteiger partial charge in [-0.3, -0.25) is 0 Å². The molecular formula is C14H21N5O4. The Hall–Kier alpha value is -2.97. The van der Waals surface area contributed by atoms with Crippen LogP contribution in [0, 0.1) is 0 Å². The lowest BCUT2D eigenvalue weighted by molar-refractivity contribution is -0.142. The largest absolute Gasteiger partial charge is 0.480 e. The number of nitrogens with zero attached hydrogens (tertiary/aromatic N) is 1. The van der Waals surface area contributed by atoms with Crippen molar-refractivity contribution >= 4 is 23.7 Å². The number of carboxylic acid groups (broad SMARTS) is 1. The zero-order chi connectivity index (χ0) is 17.4. The van der Waals surface area contributed by atoms with Crippen molar-refractivity contribution in [3.63, 3.8) is 0 Å². The highest BCUT2D eigenvalue weighted by Gasteiger charge is 2.28. The van der Waals surface area contributed by atoms with Gasteiger partial charge in [-0.1, -0.05) is 12.1 Å². The fourth-order valence-corrected chi connectivity index (χ4v) is 2.08. The summed E-state index contributed by atoms with van der Waals surface area (Å²) < 4.78 is 0. The molecule has 1 rings (SSSR count). The number of carbonyl (C=O) groups is 3. The maximum Gasteiger partial charge on any atom is 0.326 e. The zero-order valence-corrected chi connectivity index (χ0v) is 12.6. The van der Waals surface area contributed by atoms with Gasteiger partial charge in [-0.25, -0.2) is 14.4 Å². The lowest BCUT2D eigenvalue weighted by Crippen LogP contribution is -2.47. The van der Waals surface area contributed by atoms with E-state index in [9.17, 15) is 19.5 Å². The number of carbonyl (C=O) groups excluding carboxylic acids is 2. The number of primary amides is 2. The molecular weight excluding hydrogens is 302 g/mol. The summed E-state index contributed by atoms with van der Waals surface area (Å²) in [4.78, 5) is 34.7. The van der Waals surface area contributed by atoms with Crippen LogP contribution < -0.4 is 22.5 Å². The second-order valence-corrected chi connectivity index (χ2v) is 5.00. The van der Waals surface area contributed by atoms with Crippen LogP contribution in [0.15, 0.2) is 24.3 Å². The minimum atomic E-state index is -1.17. The second-order valence-electron chi connectivity index (χ2n) is 5.00. The molecule has 1 atom stereocenters. The van der Waals surface area contributed by atoms with E-state index in [1.165, 1.54) is 0 Å². The fraction of sp³-hybridized carbons (Fsp3) is 0.357. The van der Waals surface area contributed by atoms with Crippen LogP contribution in [-0.4, -0.2) is 40.6 Å². The van der Waals surface area contributed by atoms with Crippen molar-refractivity contribution in [1.82, 2.24) is 10.2 Å². The van der Waals surface area contributed by atoms with E-state index in [1.54, 1.807) is 24.3 Å². The molecule has 0 saturated carbocycles. The normalized spacial score (nSPS) is 11.5. The van der Waals surface area contributed by atoms with E-state index < -0.39 is 24.1 Å². The van der Waals surface area contributed by atoms with Gasteiger partial charge in [-0.2, -0.15) is 0 Å². The Kier molecular flexibility index (Phi) is 6.66. The van der Waals surface area contributed by atoms with Crippen LogP contribution >= 0.6 is 0 Å². The number of amides is 4. The Balaban J connectivity index is 2.76. The lowest BCUT2D eigenvalue weighted by Gasteiger charge is -2.27. The molecule has 0 spiro atoms. The number of nitrogen functional groups attached to an aromatic ring is 1. The third-order valence-corrected chi connectivity index (χ3v) is 3.23. The molecule has 0 aliphatic rings. The number of hydrogen-bond acceptors (Lipinski definition) is 4. The van der Waals surface area contributed by atoms with Crippen LogP contribution in [0.5, 0.6) is 0 Å². The monoisotopic (exact) mass is 323 g/mol. The predicted octanol–water partition coefficient (Wildman–Crippen LogP) is 0.0512. The highest BCUT2D eigenvalue weighted by atomic mass is 16.4. The Bertz CT molecular complexity index is 561. The standard InChI is InChI=1S/C14H21N5O4/c15-10-5-3-9(4-6-10)8-19(14(17)23)11(12(20)21)2-1-7-18-13(16)22/h3-6,11H,1-2,7-8,15H2,(H2,17,23)(H,20,21)(H3,16,18,22). The SMILES string of the molecule is NC(=O)NCCCC(C(=O)O)N(Cc1ccc(N)cc1)C(N)=O. The highest BCUT2D eigenvalue weighted by molar-refractivity contribution is 5.81. The van der Waals surface area contributed by atoms with Crippen molar-refractivity contribution in [2.75, 3.05) is 12.3 Å². The first-order chi connectivity index (χ1) is 10.8. The zero-order valence-electron chi connectivity index (χ0n) is 12.6. The summed E-state index contributed by atoms with van der Waals surface area (Å²) in [6, 6.07) is 4.07. The molecule has 0 aliphatic heterocycles. The smallest absolute Gasteiger partial charge is 0.326 e. The Morgan fingerprint density at radius 3 is 2.26 bits per heavy atom. The van der Waals surface area contributed by atoms with E-state index in [-0.39, 0.29) is 19.5 Å². The van der Waals surface area contributed by atoms with Crippen molar-refractivity contribution in [3.05, 3.63) is 29.8 Å². The predicted molar refractivity (Wildman–Crippen MR) is 84.2 cm³/mol. The Labute approximate surface area is 133 Å². The molecule has 0 heterocycles. The molecule has 1 aromatic rings. The number of rotatable bonds is 8. The number of nitrogens with one attached hydrogen (secondary N) is 1. The minimum Gasteiger partial charge on any atom is -0.480 e. The van der Waals surface area contributed by atoms with Crippen LogP contribution in [0.25, 0.3) is 0 Å². The van der Waals surface area contributed by atoms with Gasteiger partial charge in [-0.15, -0.1) is 0 Å². The van der Waals surface area contributed by atoms with Crippen LogP contribution in [0.2, 0.25) is 0 Å². The van der Waals surface area contributed by atoms with E-state index in [0.29, 0.717) is 17.7 Å². The third kappa shape index (κ3) is 6.12. The molecule has 9 heteroatoms. The Morgan fingerprint density at radius 2 is 1.78 bits per heavy atom.